The highest BCUT2D eigenvalue weighted by atomic mass is 16.5. The Morgan fingerprint density at radius 3 is 2.65 bits per heavy atom. The van der Waals surface area contributed by atoms with E-state index in [0.717, 1.165) is 25.7 Å². The molecule has 0 aromatic carbocycles. The lowest BCUT2D eigenvalue weighted by Gasteiger charge is -2.25. The second-order valence-corrected chi connectivity index (χ2v) is 4.67. The van der Waals surface area contributed by atoms with Crippen molar-refractivity contribution in [1.82, 2.24) is 5.32 Å². The van der Waals surface area contributed by atoms with E-state index in [9.17, 15) is 9.90 Å². The van der Waals surface area contributed by atoms with Crippen molar-refractivity contribution in [3.05, 3.63) is 0 Å². The Balaban J connectivity index is 2.11. The standard InChI is InChI=1S/C12H23NO4/c1-9(7-16-2)13-12(15)8-17-11-5-3-10(14)4-6-11/h9-11,14H,3-8H2,1-2H3,(H,13,15). The molecule has 0 spiro atoms. The van der Waals surface area contributed by atoms with Gasteiger partial charge in [0.15, 0.2) is 0 Å². The van der Waals surface area contributed by atoms with Gasteiger partial charge in [0.05, 0.1) is 18.8 Å². The summed E-state index contributed by atoms with van der Waals surface area (Å²) < 4.78 is 10.4. The predicted molar refractivity (Wildman–Crippen MR) is 63.7 cm³/mol. The van der Waals surface area contributed by atoms with Gasteiger partial charge in [0.25, 0.3) is 0 Å². The normalized spacial score (nSPS) is 26.5. The van der Waals surface area contributed by atoms with Crippen LogP contribution in [0.3, 0.4) is 0 Å². The molecule has 2 N–H and O–H groups in total. The van der Waals surface area contributed by atoms with Crippen LogP contribution in [0, 0.1) is 0 Å². The van der Waals surface area contributed by atoms with Gasteiger partial charge >= 0.3 is 0 Å². The first-order valence-corrected chi connectivity index (χ1v) is 6.19. The van der Waals surface area contributed by atoms with Crippen LogP contribution in [-0.4, -0.2) is 49.6 Å². The van der Waals surface area contributed by atoms with Gasteiger partial charge < -0.3 is 19.9 Å². The molecule has 0 aromatic rings. The number of methoxy groups -OCH3 is 1. The molecule has 100 valence electrons. The average Bonchev–Trinajstić information content (AvgIpc) is 2.28. The zero-order valence-electron chi connectivity index (χ0n) is 10.6. The van der Waals surface area contributed by atoms with E-state index in [-0.39, 0.29) is 30.8 Å². The Hall–Kier alpha value is -0.650. The molecule has 1 aliphatic carbocycles. The van der Waals surface area contributed by atoms with Crippen LogP contribution in [0.5, 0.6) is 0 Å². The van der Waals surface area contributed by atoms with Crippen molar-refractivity contribution >= 4 is 5.91 Å². The van der Waals surface area contributed by atoms with E-state index in [1.165, 1.54) is 0 Å². The van der Waals surface area contributed by atoms with Gasteiger partial charge in [0.2, 0.25) is 5.91 Å². The number of nitrogens with one attached hydrogen (secondary N) is 1. The monoisotopic (exact) mass is 245 g/mol. The third-order valence-electron chi connectivity index (χ3n) is 2.92. The molecule has 5 nitrogen and oxygen atoms in total. The Bertz CT molecular complexity index is 227. The van der Waals surface area contributed by atoms with Crippen LogP contribution in [0.2, 0.25) is 0 Å². The topological polar surface area (TPSA) is 67.8 Å². The van der Waals surface area contributed by atoms with Crippen molar-refractivity contribution < 1.29 is 19.4 Å². The van der Waals surface area contributed by atoms with Crippen molar-refractivity contribution in [2.24, 2.45) is 0 Å². The highest BCUT2D eigenvalue weighted by Gasteiger charge is 2.20. The van der Waals surface area contributed by atoms with Crippen LogP contribution in [0.25, 0.3) is 0 Å². The summed E-state index contributed by atoms with van der Waals surface area (Å²) in [6.07, 6.45) is 3.13. The second kappa shape index (κ2) is 7.63. The molecule has 0 saturated heterocycles. The SMILES string of the molecule is COCC(C)NC(=O)COC1CCC(O)CC1. The highest BCUT2D eigenvalue weighted by Crippen LogP contribution is 2.20. The van der Waals surface area contributed by atoms with E-state index in [1.807, 2.05) is 6.92 Å². The first-order chi connectivity index (χ1) is 8.11. The molecule has 1 atom stereocenters. The molecule has 0 heterocycles. The number of amides is 1. The molecule has 1 amide bonds. The first kappa shape index (κ1) is 14.4. The van der Waals surface area contributed by atoms with Gasteiger partial charge in [-0.2, -0.15) is 0 Å². The molecular formula is C12H23NO4. The van der Waals surface area contributed by atoms with Gasteiger partial charge in [-0.25, -0.2) is 0 Å². The largest absolute Gasteiger partial charge is 0.393 e. The first-order valence-electron chi connectivity index (χ1n) is 6.19. The molecule has 1 unspecified atom stereocenters. The van der Waals surface area contributed by atoms with Crippen molar-refractivity contribution in [2.75, 3.05) is 20.3 Å². The fourth-order valence-electron chi connectivity index (χ4n) is 2.01. The molecule has 0 aromatic heterocycles. The summed E-state index contributed by atoms with van der Waals surface area (Å²) in [5.41, 5.74) is 0. The number of ether oxygens (including phenoxy) is 2. The molecule has 0 bridgehead atoms. The van der Waals surface area contributed by atoms with E-state index in [4.69, 9.17) is 9.47 Å². The molecule has 0 radical (unpaired) electrons. The van der Waals surface area contributed by atoms with Crippen LogP contribution in [0.1, 0.15) is 32.6 Å². The maximum Gasteiger partial charge on any atom is 0.246 e. The zero-order valence-corrected chi connectivity index (χ0v) is 10.6. The molecule has 1 fully saturated rings. The molecule has 1 aliphatic rings. The van der Waals surface area contributed by atoms with Crippen LogP contribution in [0.15, 0.2) is 0 Å². The van der Waals surface area contributed by atoms with E-state index < -0.39 is 0 Å². The Kier molecular flexibility index (Phi) is 6.47. The number of hydrogen-bond donors (Lipinski definition) is 2. The van der Waals surface area contributed by atoms with Crippen molar-refractivity contribution in [3.8, 4) is 0 Å². The van der Waals surface area contributed by atoms with Gasteiger partial charge in [-0.05, 0) is 32.6 Å². The van der Waals surface area contributed by atoms with Gasteiger partial charge in [-0.15, -0.1) is 0 Å². The summed E-state index contributed by atoms with van der Waals surface area (Å²) in [4.78, 5) is 11.5. The number of carbonyl (C=O) groups excluding carboxylic acids is 1. The fourth-order valence-corrected chi connectivity index (χ4v) is 2.01. The molecule has 1 saturated carbocycles. The Morgan fingerprint density at radius 2 is 2.06 bits per heavy atom. The molecule has 0 aliphatic heterocycles. The maximum absolute atomic E-state index is 11.5. The van der Waals surface area contributed by atoms with Crippen molar-refractivity contribution in [1.29, 1.82) is 0 Å². The van der Waals surface area contributed by atoms with Crippen molar-refractivity contribution in [3.63, 3.8) is 0 Å². The summed E-state index contributed by atoms with van der Waals surface area (Å²) in [7, 11) is 1.60. The number of rotatable bonds is 6. The number of aliphatic hydroxyl groups is 1. The summed E-state index contributed by atoms with van der Waals surface area (Å²) >= 11 is 0. The predicted octanol–water partition coefficient (Wildman–Crippen LogP) is 0.458. The lowest BCUT2D eigenvalue weighted by molar-refractivity contribution is -0.129. The quantitative estimate of drug-likeness (QED) is 0.713. The van der Waals surface area contributed by atoms with Gasteiger partial charge in [-0.3, -0.25) is 4.79 Å². The second-order valence-electron chi connectivity index (χ2n) is 4.67. The summed E-state index contributed by atoms with van der Waals surface area (Å²) in [6.45, 7) is 2.48. The molecule has 17 heavy (non-hydrogen) atoms. The maximum atomic E-state index is 11.5. The minimum Gasteiger partial charge on any atom is -0.393 e. The number of carbonyl (C=O) groups is 1. The summed E-state index contributed by atoms with van der Waals surface area (Å²) in [5, 5.41) is 12.1. The van der Waals surface area contributed by atoms with Gasteiger partial charge in [0.1, 0.15) is 6.61 Å². The van der Waals surface area contributed by atoms with Crippen LogP contribution in [-0.2, 0) is 14.3 Å². The van der Waals surface area contributed by atoms with Crippen molar-refractivity contribution in [2.45, 2.75) is 50.9 Å². The lowest BCUT2D eigenvalue weighted by Crippen LogP contribution is -2.39. The highest BCUT2D eigenvalue weighted by molar-refractivity contribution is 5.77. The van der Waals surface area contributed by atoms with Gasteiger partial charge in [-0.1, -0.05) is 0 Å². The average molecular weight is 245 g/mol. The molecule has 5 heteroatoms. The Morgan fingerprint density at radius 1 is 1.41 bits per heavy atom. The fraction of sp³-hybridized carbons (Fsp3) is 0.917. The van der Waals surface area contributed by atoms with Gasteiger partial charge in [0, 0.05) is 13.2 Å². The summed E-state index contributed by atoms with van der Waals surface area (Å²) in [5.74, 6) is -0.110. The van der Waals surface area contributed by atoms with Crippen LogP contribution >= 0.6 is 0 Å². The van der Waals surface area contributed by atoms with Crippen LogP contribution < -0.4 is 5.32 Å². The van der Waals surface area contributed by atoms with Crippen LogP contribution in [0.4, 0.5) is 0 Å². The number of hydrogen-bond acceptors (Lipinski definition) is 4. The minimum atomic E-state index is -0.189. The molecular weight excluding hydrogens is 222 g/mol. The third kappa shape index (κ3) is 6.00. The van der Waals surface area contributed by atoms with E-state index in [2.05, 4.69) is 5.32 Å². The zero-order chi connectivity index (χ0) is 12.7. The van der Waals surface area contributed by atoms with E-state index >= 15 is 0 Å². The van der Waals surface area contributed by atoms with E-state index in [0.29, 0.717) is 6.61 Å². The third-order valence-corrected chi connectivity index (χ3v) is 2.92. The number of aliphatic hydroxyl groups excluding tert-OH is 1. The minimum absolute atomic E-state index is 0.00396. The molecule has 1 rings (SSSR count). The smallest absolute Gasteiger partial charge is 0.246 e. The summed E-state index contributed by atoms with van der Waals surface area (Å²) in [6, 6.07) is 0.00396. The lowest BCUT2D eigenvalue weighted by atomic mass is 9.95. The van der Waals surface area contributed by atoms with E-state index in [1.54, 1.807) is 7.11 Å². The Labute approximate surface area is 102 Å².